The summed E-state index contributed by atoms with van der Waals surface area (Å²) in [7, 11) is 1.94. The number of hydrogen-bond donors (Lipinski definition) is 0. The maximum absolute atomic E-state index is 8.66. The van der Waals surface area contributed by atoms with Crippen LogP contribution in [0.25, 0.3) is 5.65 Å². The van der Waals surface area contributed by atoms with Crippen LogP contribution in [0.5, 0.6) is 0 Å². The Kier molecular flexibility index (Phi) is 2.73. The molecule has 0 saturated heterocycles. The van der Waals surface area contributed by atoms with Crippen LogP contribution in [0.15, 0.2) is 24.5 Å². The lowest BCUT2D eigenvalue weighted by molar-refractivity contribution is 0.693. The Hall–Kier alpha value is -2.09. The Morgan fingerprint density at radius 2 is 2.38 bits per heavy atom. The van der Waals surface area contributed by atoms with Crippen LogP contribution in [0.1, 0.15) is 13.3 Å². The van der Waals surface area contributed by atoms with E-state index in [9.17, 15) is 0 Å². The largest absolute Gasteiger partial charge is 0.356 e. The minimum atomic E-state index is 0.155. The van der Waals surface area contributed by atoms with Gasteiger partial charge in [0.2, 0.25) is 0 Å². The van der Waals surface area contributed by atoms with Gasteiger partial charge in [-0.05, 0) is 13.0 Å². The zero-order valence-electron chi connectivity index (χ0n) is 9.33. The Morgan fingerprint density at radius 1 is 1.56 bits per heavy atom. The number of anilines is 1. The summed E-state index contributed by atoms with van der Waals surface area (Å²) in [6.07, 6.45) is 4.07. The number of nitrogens with zero attached hydrogens (tertiary/aromatic N) is 5. The molecule has 5 heteroatoms. The summed E-state index contributed by atoms with van der Waals surface area (Å²) in [4.78, 5) is 6.45. The fraction of sp³-hybridized carbons (Fsp3) is 0.364. The minimum absolute atomic E-state index is 0.155. The Morgan fingerprint density at radius 3 is 3.12 bits per heavy atom. The molecular formula is C11H13N5. The van der Waals surface area contributed by atoms with Crippen LogP contribution < -0.4 is 4.90 Å². The second-order valence-corrected chi connectivity index (χ2v) is 3.74. The minimum Gasteiger partial charge on any atom is -0.356 e. The molecule has 0 bridgehead atoms. The van der Waals surface area contributed by atoms with E-state index in [0.717, 1.165) is 11.5 Å². The number of fused-ring (bicyclic) bond motifs is 1. The van der Waals surface area contributed by atoms with E-state index in [4.69, 9.17) is 5.26 Å². The molecule has 0 aliphatic carbocycles. The molecular weight excluding hydrogens is 202 g/mol. The SMILES string of the molecule is CC(CC#N)N(C)c1ccn2nccc2n1. The van der Waals surface area contributed by atoms with Crippen LogP contribution in [0.3, 0.4) is 0 Å². The average Bonchev–Trinajstić information content (AvgIpc) is 2.75. The number of aromatic nitrogens is 3. The van der Waals surface area contributed by atoms with Crippen molar-refractivity contribution in [3.8, 4) is 6.07 Å². The smallest absolute Gasteiger partial charge is 0.157 e. The van der Waals surface area contributed by atoms with Gasteiger partial charge in [-0.25, -0.2) is 9.50 Å². The van der Waals surface area contributed by atoms with E-state index < -0.39 is 0 Å². The van der Waals surface area contributed by atoms with Crippen LogP contribution in [0.2, 0.25) is 0 Å². The lowest BCUT2D eigenvalue weighted by atomic mass is 10.2. The zero-order valence-corrected chi connectivity index (χ0v) is 9.33. The highest BCUT2D eigenvalue weighted by Gasteiger charge is 2.11. The number of nitriles is 1. The Bertz CT molecular complexity index is 524. The molecule has 2 heterocycles. The summed E-state index contributed by atoms with van der Waals surface area (Å²) < 4.78 is 1.71. The van der Waals surface area contributed by atoms with Gasteiger partial charge in [0.05, 0.1) is 18.7 Å². The first-order valence-electron chi connectivity index (χ1n) is 5.12. The van der Waals surface area contributed by atoms with Crippen molar-refractivity contribution >= 4 is 11.5 Å². The van der Waals surface area contributed by atoms with Crippen molar-refractivity contribution in [3.63, 3.8) is 0 Å². The first kappa shape index (κ1) is 10.4. The number of rotatable bonds is 3. The third-order valence-electron chi connectivity index (χ3n) is 2.65. The van der Waals surface area contributed by atoms with Crippen LogP contribution in [0.4, 0.5) is 5.82 Å². The van der Waals surface area contributed by atoms with Gasteiger partial charge in [0, 0.05) is 25.4 Å². The molecule has 2 aromatic heterocycles. The fourth-order valence-corrected chi connectivity index (χ4v) is 1.49. The summed E-state index contributed by atoms with van der Waals surface area (Å²) in [5.74, 6) is 0.857. The second-order valence-electron chi connectivity index (χ2n) is 3.74. The van der Waals surface area contributed by atoms with Gasteiger partial charge in [0.15, 0.2) is 5.65 Å². The highest BCUT2D eigenvalue weighted by molar-refractivity contribution is 5.47. The van der Waals surface area contributed by atoms with E-state index in [0.29, 0.717) is 6.42 Å². The molecule has 0 saturated carbocycles. The molecule has 16 heavy (non-hydrogen) atoms. The molecule has 0 radical (unpaired) electrons. The molecule has 2 rings (SSSR count). The number of hydrogen-bond acceptors (Lipinski definition) is 4. The van der Waals surface area contributed by atoms with E-state index >= 15 is 0 Å². The van der Waals surface area contributed by atoms with Gasteiger partial charge in [-0.2, -0.15) is 10.4 Å². The van der Waals surface area contributed by atoms with Crippen LogP contribution >= 0.6 is 0 Å². The molecule has 0 amide bonds. The Balaban J connectivity index is 2.29. The molecule has 0 N–H and O–H groups in total. The second kappa shape index (κ2) is 4.19. The van der Waals surface area contributed by atoms with Crippen molar-refractivity contribution in [3.05, 3.63) is 24.5 Å². The first-order chi connectivity index (χ1) is 7.72. The quantitative estimate of drug-likeness (QED) is 0.778. The fourth-order valence-electron chi connectivity index (χ4n) is 1.49. The summed E-state index contributed by atoms with van der Waals surface area (Å²) in [6, 6.07) is 6.07. The summed E-state index contributed by atoms with van der Waals surface area (Å²) in [5.41, 5.74) is 0.813. The standard InChI is InChI=1S/C11H13N5/c1-9(3-6-12)15(2)10-5-8-16-11(14-10)4-7-13-16/h4-5,7-9H,3H2,1-2H3. The third kappa shape index (κ3) is 1.82. The highest BCUT2D eigenvalue weighted by atomic mass is 15.3. The van der Waals surface area contributed by atoms with E-state index in [-0.39, 0.29) is 6.04 Å². The van der Waals surface area contributed by atoms with Gasteiger partial charge in [-0.1, -0.05) is 0 Å². The van der Waals surface area contributed by atoms with Crippen molar-refractivity contribution in [1.82, 2.24) is 14.6 Å². The highest BCUT2D eigenvalue weighted by Crippen LogP contribution is 2.14. The monoisotopic (exact) mass is 215 g/mol. The molecule has 0 fully saturated rings. The molecule has 0 aliphatic heterocycles. The average molecular weight is 215 g/mol. The van der Waals surface area contributed by atoms with Crippen molar-refractivity contribution in [1.29, 1.82) is 5.26 Å². The normalized spacial score (nSPS) is 12.3. The van der Waals surface area contributed by atoms with E-state index in [1.807, 2.05) is 37.2 Å². The lowest BCUT2D eigenvalue weighted by Gasteiger charge is -2.23. The van der Waals surface area contributed by atoms with Crippen LogP contribution in [0, 0.1) is 11.3 Å². The molecule has 82 valence electrons. The van der Waals surface area contributed by atoms with Gasteiger partial charge >= 0.3 is 0 Å². The van der Waals surface area contributed by atoms with E-state index in [1.165, 1.54) is 0 Å². The van der Waals surface area contributed by atoms with Crippen LogP contribution in [-0.4, -0.2) is 27.7 Å². The third-order valence-corrected chi connectivity index (χ3v) is 2.65. The lowest BCUT2D eigenvalue weighted by Crippen LogP contribution is -2.29. The first-order valence-corrected chi connectivity index (χ1v) is 5.12. The molecule has 2 aromatic rings. The summed E-state index contributed by atoms with van der Waals surface area (Å²) in [6.45, 7) is 2.01. The van der Waals surface area contributed by atoms with Gasteiger partial charge in [0.25, 0.3) is 0 Å². The molecule has 5 nitrogen and oxygen atoms in total. The van der Waals surface area contributed by atoms with Gasteiger partial charge in [-0.15, -0.1) is 0 Å². The topological polar surface area (TPSA) is 57.2 Å². The zero-order chi connectivity index (χ0) is 11.5. The Labute approximate surface area is 93.9 Å². The predicted octanol–water partition coefficient (Wildman–Crippen LogP) is 1.47. The van der Waals surface area contributed by atoms with Crippen molar-refractivity contribution in [2.45, 2.75) is 19.4 Å². The van der Waals surface area contributed by atoms with Gasteiger partial charge in [-0.3, -0.25) is 0 Å². The van der Waals surface area contributed by atoms with Crippen molar-refractivity contribution in [2.24, 2.45) is 0 Å². The van der Waals surface area contributed by atoms with Crippen molar-refractivity contribution in [2.75, 3.05) is 11.9 Å². The van der Waals surface area contributed by atoms with Crippen molar-refractivity contribution < 1.29 is 0 Å². The van der Waals surface area contributed by atoms with E-state index in [1.54, 1.807) is 10.7 Å². The maximum atomic E-state index is 8.66. The van der Waals surface area contributed by atoms with Gasteiger partial charge in [0.1, 0.15) is 5.82 Å². The molecule has 0 aromatic carbocycles. The summed E-state index contributed by atoms with van der Waals surface area (Å²) >= 11 is 0. The molecule has 0 spiro atoms. The van der Waals surface area contributed by atoms with Gasteiger partial charge < -0.3 is 4.90 Å². The maximum Gasteiger partial charge on any atom is 0.157 e. The summed E-state index contributed by atoms with van der Waals surface area (Å²) in [5, 5.41) is 12.7. The molecule has 1 atom stereocenters. The predicted molar refractivity (Wildman–Crippen MR) is 61.1 cm³/mol. The van der Waals surface area contributed by atoms with E-state index in [2.05, 4.69) is 16.2 Å². The van der Waals surface area contributed by atoms with Crippen LogP contribution in [-0.2, 0) is 0 Å². The molecule has 0 aliphatic rings. The molecule has 1 unspecified atom stereocenters.